The van der Waals surface area contributed by atoms with Crippen LogP contribution in [0.5, 0.6) is 0 Å². The lowest BCUT2D eigenvalue weighted by Gasteiger charge is -2.24. The number of aryl methyl sites for hydroxylation is 2. The summed E-state index contributed by atoms with van der Waals surface area (Å²) in [5.74, 6) is -0.109. The maximum absolute atomic E-state index is 12.4. The minimum absolute atomic E-state index is 0.319. The van der Waals surface area contributed by atoms with Crippen LogP contribution in [0.3, 0.4) is 0 Å². The number of aromatic nitrogens is 2. The van der Waals surface area contributed by atoms with Gasteiger partial charge in [0.2, 0.25) is 0 Å². The van der Waals surface area contributed by atoms with Crippen molar-refractivity contribution in [2.24, 2.45) is 7.05 Å². The van der Waals surface area contributed by atoms with Gasteiger partial charge in [0, 0.05) is 18.2 Å². The van der Waals surface area contributed by atoms with Crippen molar-refractivity contribution >= 4 is 45.2 Å². The molecule has 2 aromatic heterocycles. The molecule has 2 aromatic rings. The Kier molecular flexibility index (Phi) is 3.45. The van der Waals surface area contributed by atoms with Gasteiger partial charge in [0.05, 0.1) is 10.6 Å². The van der Waals surface area contributed by atoms with E-state index in [1.165, 1.54) is 11.3 Å². The van der Waals surface area contributed by atoms with Gasteiger partial charge in [0.15, 0.2) is 0 Å². The molecule has 1 fully saturated rings. The number of hydrogen-bond donors (Lipinski definition) is 2. The summed E-state index contributed by atoms with van der Waals surface area (Å²) >= 11 is 2.89. The number of thiophene rings is 1. The van der Waals surface area contributed by atoms with Crippen LogP contribution in [0.2, 0.25) is 0 Å². The van der Waals surface area contributed by atoms with E-state index in [0.717, 1.165) is 21.7 Å². The maximum atomic E-state index is 12.4. The third-order valence-corrected chi connectivity index (χ3v) is 6.09. The molecule has 1 aliphatic rings. The third-order valence-electron chi connectivity index (χ3n) is 3.70. The van der Waals surface area contributed by atoms with Crippen LogP contribution in [-0.2, 0) is 11.8 Å². The number of nitrogens with one attached hydrogen (secondary N) is 1. The van der Waals surface area contributed by atoms with Crippen molar-refractivity contribution in [1.82, 2.24) is 15.1 Å². The number of rotatable bonds is 3. The molecular formula is C13H15N3O3S2. The molecule has 0 spiro atoms. The summed E-state index contributed by atoms with van der Waals surface area (Å²) in [5, 5.41) is 17.4. The molecule has 1 atom stereocenters. The average molecular weight is 325 g/mol. The Morgan fingerprint density at radius 3 is 2.86 bits per heavy atom. The highest BCUT2D eigenvalue weighted by atomic mass is 32.2. The van der Waals surface area contributed by atoms with Crippen LogP contribution >= 0.6 is 23.1 Å². The van der Waals surface area contributed by atoms with Gasteiger partial charge >= 0.3 is 5.97 Å². The van der Waals surface area contributed by atoms with Crippen molar-refractivity contribution in [2.75, 3.05) is 11.5 Å². The number of carboxylic acids is 1. The Hall–Kier alpha value is -1.54. The van der Waals surface area contributed by atoms with E-state index in [-0.39, 0.29) is 5.91 Å². The van der Waals surface area contributed by atoms with Gasteiger partial charge in [-0.2, -0.15) is 16.9 Å². The van der Waals surface area contributed by atoms with E-state index < -0.39 is 11.5 Å². The summed E-state index contributed by atoms with van der Waals surface area (Å²) in [4.78, 5) is 25.3. The Bertz CT molecular complexity index is 694. The largest absolute Gasteiger partial charge is 0.479 e. The number of nitrogens with zero attached hydrogens (tertiary/aromatic N) is 2. The Balaban J connectivity index is 1.90. The monoisotopic (exact) mass is 325 g/mol. The average Bonchev–Trinajstić information content (AvgIpc) is 3.09. The second-order valence-corrected chi connectivity index (χ2v) is 7.32. The zero-order chi connectivity index (χ0) is 15.2. The highest BCUT2D eigenvalue weighted by Gasteiger charge is 2.43. The van der Waals surface area contributed by atoms with Crippen molar-refractivity contribution in [3.8, 4) is 0 Å². The van der Waals surface area contributed by atoms with Crippen LogP contribution in [0.25, 0.3) is 10.2 Å². The van der Waals surface area contributed by atoms with E-state index in [9.17, 15) is 14.7 Å². The van der Waals surface area contributed by atoms with E-state index >= 15 is 0 Å². The van der Waals surface area contributed by atoms with Gasteiger partial charge in [0.1, 0.15) is 10.4 Å². The van der Waals surface area contributed by atoms with Crippen LogP contribution < -0.4 is 5.32 Å². The second-order valence-electron chi connectivity index (χ2n) is 5.18. The molecule has 6 nitrogen and oxygen atoms in total. The maximum Gasteiger partial charge on any atom is 0.330 e. The molecule has 21 heavy (non-hydrogen) atoms. The minimum atomic E-state index is -1.13. The number of aliphatic carboxylic acids is 1. The highest BCUT2D eigenvalue weighted by Crippen LogP contribution is 2.31. The molecule has 1 aliphatic heterocycles. The molecule has 0 unspecified atom stereocenters. The van der Waals surface area contributed by atoms with Gasteiger partial charge in [-0.1, -0.05) is 0 Å². The summed E-state index contributed by atoms with van der Waals surface area (Å²) in [5.41, 5.74) is -0.266. The molecule has 0 aromatic carbocycles. The molecule has 1 amide bonds. The highest BCUT2D eigenvalue weighted by molar-refractivity contribution is 7.99. The van der Waals surface area contributed by atoms with Crippen molar-refractivity contribution < 1.29 is 14.7 Å². The van der Waals surface area contributed by atoms with Crippen LogP contribution in [0.15, 0.2) is 6.07 Å². The quantitative estimate of drug-likeness (QED) is 0.896. The number of carboxylic acid groups (broad SMARTS) is 1. The first-order valence-corrected chi connectivity index (χ1v) is 8.47. The number of hydrogen-bond acceptors (Lipinski definition) is 5. The molecule has 3 heterocycles. The smallest absolute Gasteiger partial charge is 0.330 e. The van der Waals surface area contributed by atoms with E-state index in [2.05, 4.69) is 10.4 Å². The number of carbonyl (C=O) groups excluding carboxylic acids is 1. The van der Waals surface area contributed by atoms with Gasteiger partial charge in [-0.3, -0.25) is 9.48 Å². The summed E-state index contributed by atoms with van der Waals surface area (Å²) in [6, 6.07) is 1.79. The van der Waals surface area contributed by atoms with Gasteiger partial charge in [-0.25, -0.2) is 4.79 Å². The summed E-state index contributed by atoms with van der Waals surface area (Å²) in [6.07, 6.45) is 0.463. The van der Waals surface area contributed by atoms with Crippen molar-refractivity contribution in [1.29, 1.82) is 0 Å². The van der Waals surface area contributed by atoms with Gasteiger partial charge in [-0.05, 0) is 25.2 Å². The topological polar surface area (TPSA) is 84.2 Å². The Labute approximate surface area is 129 Å². The summed E-state index contributed by atoms with van der Waals surface area (Å²) < 4.78 is 1.74. The van der Waals surface area contributed by atoms with Crippen LogP contribution in [-0.4, -0.2) is 43.8 Å². The normalized spacial score (nSPS) is 21.8. The number of fused-ring (bicyclic) bond motifs is 1. The lowest BCUT2D eigenvalue weighted by molar-refractivity contribution is -0.143. The Morgan fingerprint density at radius 2 is 2.29 bits per heavy atom. The zero-order valence-corrected chi connectivity index (χ0v) is 13.3. The van der Waals surface area contributed by atoms with Gasteiger partial charge in [0.25, 0.3) is 5.91 Å². The van der Waals surface area contributed by atoms with Crippen LogP contribution in [0.4, 0.5) is 0 Å². The minimum Gasteiger partial charge on any atom is -0.479 e. The van der Waals surface area contributed by atoms with E-state index in [1.54, 1.807) is 22.5 Å². The molecular weight excluding hydrogens is 310 g/mol. The lowest BCUT2D eigenvalue weighted by Crippen LogP contribution is -2.54. The Morgan fingerprint density at radius 1 is 1.52 bits per heavy atom. The van der Waals surface area contributed by atoms with Crippen LogP contribution in [0.1, 0.15) is 21.8 Å². The molecule has 0 saturated carbocycles. The SMILES string of the molecule is Cc1nn(C)c2sc(C(=O)N[C@]3(C(=O)O)CCSC3)cc12. The van der Waals surface area contributed by atoms with E-state index in [1.807, 2.05) is 14.0 Å². The molecule has 112 valence electrons. The predicted molar refractivity (Wildman–Crippen MR) is 83.1 cm³/mol. The molecule has 3 rings (SSSR count). The van der Waals surface area contributed by atoms with Crippen LogP contribution in [0, 0.1) is 6.92 Å². The second kappa shape index (κ2) is 5.03. The van der Waals surface area contributed by atoms with Crippen molar-refractivity contribution in [2.45, 2.75) is 18.9 Å². The van der Waals surface area contributed by atoms with E-state index in [4.69, 9.17) is 0 Å². The fourth-order valence-electron chi connectivity index (χ4n) is 2.48. The number of amides is 1. The molecule has 2 N–H and O–H groups in total. The summed E-state index contributed by atoms with van der Waals surface area (Å²) in [7, 11) is 1.83. The van der Waals surface area contributed by atoms with Gasteiger partial charge < -0.3 is 10.4 Å². The molecule has 0 radical (unpaired) electrons. The number of carbonyl (C=O) groups is 2. The van der Waals surface area contributed by atoms with Crippen molar-refractivity contribution in [3.05, 3.63) is 16.6 Å². The standard InChI is InChI=1S/C13H15N3O3S2/c1-7-8-5-9(21-11(8)16(2)15-7)10(17)14-13(12(18)19)3-4-20-6-13/h5H,3-4,6H2,1-2H3,(H,14,17)(H,18,19)/t13-/m1/s1. The third kappa shape index (κ3) is 2.32. The first-order chi connectivity index (χ1) is 9.93. The fraction of sp³-hybridized carbons (Fsp3) is 0.462. The lowest BCUT2D eigenvalue weighted by atomic mass is 9.99. The first-order valence-electron chi connectivity index (χ1n) is 6.50. The molecule has 0 bridgehead atoms. The molecule has 1 saturated heterocycles. The summed E-state index contributed by atoms with van der Waals surface area (Å²) in [6.45, 7) is 1.89. The zero-order valence-electron chi connectivity index (χ0n) is 11.7. The van der Waals surface area contributed by atoms with E-state index in [0.29, 0.717) is 17.1 Å². The van der Waals surface area contributed by atoms with Crippen molar-refractivity contribution in [3.63, 3.8) is 0 Å². The first kappa shape index (κ1) is 14.4. The number of thioether (sulfide) groups is 1. The van der Waals surface area contributed by atoms with Gasteiger partial charge in [-0.15, -0.1) is 11.3 Å². The fourth-order valence-corrected chi connectivity index (χ4v) is 4.83. The molecule has 8 heteroatoms. The predicted octanol–water partition coefficient (Wildman–Crippen LogP) is 1.63. The molecule has 0 aliphatic carbocycles.